The number of benzene rings is 1. The van der Waals surface area contributed by atoms with E-state index in [2.05, 4.69) is 48.3 Å². The second-order valence-corrected chi connectivity index (χ2v) is 7.26. The molecule has 0 atom stereocenters. The fourth-order valence-corrected chi connectivity index (χ4v) is 4.13. The van der Waals surface area contributed by atoms with Crippen molar-refractivity contribution >= 4 is 5.69 Å². The number of nitrogens with zero attached hydrogens (tertiary/aromatic N) is 1. The minimum absolute atomic E-state index is 0.486. The van der Waals surface area contributed by atoms with Crippen molar-refractivity contribution in [3.05, 3.63) is 29.8 Å². The molecule has 1 aromatic carbocycles. The van der Waals surface area contributed by atoms with Crippen LogP contribution >= 0.6 is 0 Å². The van der Waals surface area contributed by atoms with Gasteiger partial charge in [-0.1, -0.05) is 44.9 Å². The van der Waals surface area contributed by atoms with Crippen LogP contribution in [0.25, 0.3) is 0 Å². The van der Waals surface area contributed by atoms with Crippen molar-refractivity contribution in [1.82, 2.24) is 5.32 Å². The monoisotopic (exact) mass is 286 g/mol. The summed E-state index contributed by atoms with van der Waals surface area (Å²) < 4.78 is 0. The van der Waals surface area contributed by atoms with Gasteiger partial charge in [0.1, 0.15) is 0 Å². The first-order valence-electron chi connectivity index (χ1n) is 8.76. The molecule has 0 aromatic heterocycles. The van der Waals surface area contributed by atoms with Gasteiger partial charge < -0.3 is 10.2 Å². The molecule has 21 heavy (non-hydrogen) atoms. The molecule has 0 unspecified atom stereocenters. The molecule has 1 N–H and O–H groups in total. The van der Waals surface area contributed by atoms with E-state index < -0.39 is 0 Å². The van der Waals surface area contributed by atoms with E-state index in [0.29, 0.717) is 5.41 Å². The van der Waals surface area contributed by atoms with Crippen molar-refractivity contribution in [1.29, 1.82) is 0 Å². The van der Waals surface area contributed by atoms with Crippen LogP contribution in [-0.4, -0.2) is 26.2 Å². The molecule has 1 aliphatic carbocycles. The molecular formula is C19H30N2. The molecule has 2 heteroatoms. The highest BCUT2D eigenvalue weighted by molar-refractivity contribution is 5.58. The predicted octanol–water partition coefficient (Wildman–Crippen LogP) is 3.86. The molecule has 1 heterocycles. The zero-order valence-electron chi connectivity index (χ0n) is 13.7. The Morgan fingerprint density at radius 3 is 2.76 bits per heavy atom. The van der Waals surface area contributed by atoms with Crippen molar-refractivity contribution in [2.24, 2.45) is 11.3 Å². The van der Waals surface area contributed by atoms with E-state index in [-0.39, 0.29) is 0 Å². The van der Waals surface area contributed by atoms with E-state index in [4.69, 9.17) is 0 Å². The van der Waals surface area contributed by atoms with Crippen LogP contribution in [0.2, 0.25) is 0 Å². The van der Waals surface area contributed by atoms with Gasteiger partial charge in [0.2, 0.25) is 0 Å². The number of hydrogen-bond acceptors (Lipinski definition) is 2. The molecule has 116 valence electrons. The maximum atomic E-state index is 3.64. The normalized spacial score (nSPS) is 28.7. The molecule has 0 spiro atoms. The van der Waals surface area contributed by atoms with Crippen LogP contribution in [0.3, 0.4) is 0 Å². The Hall–Kier alpha value is -1.02. The molecule has 3 rings (SSSR count). The van der Waals surface area contributed by atoms with Crippen LogP contribution < -0.4 is 10.2 Å². The van der Waals surface area contributed by atoms with Crippen molar-refractivity contribution in [2.75, 3.05) is 31.1 Å². The van der Waals surface area contributed by atoms with Gasteiger partial charge >= 0.3 is 0 Å². The third-order valence-electron chi connectivity index (χ3n) is 5.59. The number of hydrogen-bond donors (Lipinski definition) is 1. The smallest absolute Gasteiger partial charge is 0.0399 e. The van der Waals surface area contributed by atoms with Crippen molar-refractivity contribution < 1.29 is 0 Å². The first-order chi connectivity index (χ1) is 10.2. The summed E-state index contributed by atoms with van der Waals surface area (Å²) in [5.41, 5.74) is 3.52. The molecular weight excluding hydrogens is 256 g/mol. The maximum absolute atomic E-state index is 3.64. The van der Waals surface area contributed by atoms with Gasteiger partial charge in [-0.2, -0.15) is 0 Å². The first kappa shape index (κ1) is 14.9. The average molecular weight is 286 g/mol. The standard InChI is InChI=1S/C19H30N2/c1-3-20-14-19(11-8-16(2)9-12-19)15-21-13-10-17-6-4-5-7-18(17)21/h4-7,16,20H,3,8-15H2,1-2H3. The van der Waals surface area contributed by atoms with E-state index >= 15 is 0 Å². The van der Waals surface area contributed by atoms with Crippen LogP contribution in [0.1, 0.15) is 45.1 Å². The molecule has 1 aliphatic heterocycles. The summed E-state index contributed by atoms with van der Waals surface area (Å²) in [6, 6.07) is 8.99. The average Bonchev–Trinajstić information content (AvgIpc) is 2.91. The summed E-state index contributed by atoms with van der Waals surface area (Å²) in [7, 11) is 0. The zero-order chi connectivity index (χ0) is 14.7. The maximum Gasteiger partial charge on any atom is 0.0399 e. The Balaban J connectivity index is 1.73. The van der Waals surface area contributed by atoms with Crippen LogP contribution in [0.4, 0.5) is 5.69 Å². The minimum Gasteiger partial charge on any atom is -0.370 e. The lowest BCUT2D eigenvalue weighted by Crippen LogP contribution is -2.46. The Bertz CT molecular complexity index is 455. The van der Waals surface area contributed by atoms with Gasteiger partial charge in [0, 0.05) is 30.7 Å². The van der Waals surface area contributed by atoms with E-state index in [0.717, 1.165) is 12.5 Å². The van der Waals surface area contributed by atoms with Gasteiger partial charge in [-0.3, -0.25) is 0 Å². The molecule has 0 radical (unpaired) electrons. The van der Waals surface area contributed by atoms with Crippen molar-refractivity contribution in [3.8, 4) is 0 Å². The molecule has 1 saturated carbocycles. The fourth-order valence-electron chi connectivity index (χ4n) is 4.13. The summed E-state index contributed by atoms with van der Waals surface area (Å²) in [5.74, 6) is 0.922. The summed E-state index contributed by atoms with van der Waals surface area (Å²) in [6.45, 7) is 9.38. The van der Waals surface area contributed by atoms with Crippen LogP contribution in [0.15, 0.2) is 24.3 Å². The summed E-state index contributed by atoms with van der Waals surface area (Å²) in [4.78, 5) is 2.66. The highest BCUT2D eigenvalue weighted by atomic mass is 15.2. The molecule has 2 nitrogen and oxygen atoms in total. The molecule has 2 aliphatic rings. The van der Waals surface area contributed by atoms with Crippen molar-refractivity contribution in [3.63, 3.8) is 0 Å². The number of nitrogens with one attached hydrogen (secondary N) is 1. The van der Waals surface area contributed by atoms with E-state index in [9.17, 15) is 0 Å². The molecule has 0 saturated heterocycles. The van der Waals surface area contributed by atoms with Gasteiger partial charge in [0.15, 0.2) is 0 Å². The largest absolute Gasteiger partial charge is 0.370 e. The summed E-state index contributed by atoms with van der Waals surface area (Å²) in [6.07, 6.45) is 6.81. The van der Waals surface area contributed by atoms with Crippen molar-refractivity contribution in [2.45, 2.75) is 46.0 Å². The van der Waals surface area contributed by atoms with Gasteiger partial charge in [-0.25, -0.2) is 0 Å². The number of anilines is 1. The number of rotatable bonds is 5. The Morgan fingerprint density at radius 1 is 1.24 bits per heavy atom. The number of fused-ring (bicyclic) bond motifs is 1. The second kappa shape index (κ2) is 6.39. The van der Waals surface area contributed by atoms with Gasteiger partial charge in [0.05, 0.1) is 0 Å². The highest BCUT2D eigenvalue weighted by Gasteiger charge is 2.36. The lowest BCUT2D eigenvalue weighted by atomic mass is 9.70. The lowest BCUT2D eigenvalue weighted by Gasteiger charge is -2.43. The topological polar surface area (TPSA) is 15.3 Å². The van der Waals surface area contributed by atoms with Gasteiger partial charge in [-0.05, 0) is 43.4 Å². The van der Waals surface area contributed by atoms with Crippen LogP contribution in [0, 0.1) is 11.3 Å². The second-order valence-electron chi connectivity index (χ2n) is 7.26. The zero-order valence-corrected chi connectivity index (χ0v) is 13.7. The molecule has 0 bridgehead atoms. The number of para-hydroxylation sites is 1. The quantitative estimate of drug-likeness (QED) is 0.884. The Kier molecular flexibility index (Phi) is 4.54. The SMILES string of the molecule is CCNCC1(CN2CCc3ccccc32)CCC(C)CC1. The molecule has 0 amide bonds. The van der Waals surface area contributed by atoms with Gasteiger partial charge in [-0.15, -0.1) is 0 Å². The third kappa shape index (κ3) is 3.26. The summed E-state index contributed by atoms with van der Waals surface area (Å²) >= 11 is 0. The minimum atomic E-state index is 0.486. The highest BCUT2D eigenvalue weighted by Crippen LogP contribution is 2.41. The Labute approximate surface area is 129 Å². The van der Waals surface area contributed by atoms with E-state index in [1.165, 1.54) is 57.4 Å². The summed E-state index contributed by atoms with van der Waals surface area (Å²) in [5, 5.41) is 3.64. The predicted molar refractivity (Wildman–Crippen MR) is 91.0 cm³/mol. The van der Waals surface area contributed by atoms with Crippen LogP contribution in [0.5, 0.6) is 0 Å². The van der Waals surface area contributed by atoms with E-state index in [1.807, 2.05) is 0 Å². The van der Waals surface area contributed by atoms with Crippen LogP contribution in [-0.2, 0) is 6.42 Å². The fraction of sp³-hybridized carbons (Fsp3) is 0.684. The van der Waals surface area contributed by atoms with Gasteiger partial charge in [0.25, 0.3) is 0 Å². The molecule has 1 aromatic rings. The third-order valence-corrected chi connectivity index (χ3v) is 5.59. The Morgan fingerprint density at radius 2 is 2.00 bits per heavy atom. The van der Waals surface area contributed by atoms with E-state index in [1.54, 1.807) is 5.56 Å². The first-order valence-corrected chi connectivity index (χ1v) is 8.76. The lowest BCUT2D eigenvalue weighted by molar-refractivity contribution is 0.157. The molecule has 1 fully saturated rings.